The van der Waals surface area contributed by atoms with Gasteiger partial charge in [-0.3, -0.25) is 0 Å². The second kappa shape index (κ2) is 6.55. The molecule has 116 valence electrons. The lowest BCUT2D eigenvalue weighted by atomic mass is 10.1. The molecule has 0 aromatic carbocycles. The van der Waals surface area contributed by atoms with Gasteiger partial charge in [-0.15, -0.1) is 28.8 Å². The van der Waals surface area contributed by atoms with Crippen LogP contribution in [-0.2, 0) is 0 Å². The van der Waals surface area contributed by atoms with Crippen LogP contribution in [0.4, 0.5) is 0 Å². The van der Waals surface area contributed by atoms with Gasteiger partial charge in [0, 0.05) is 6.54 Å². The average molecular weight is 339 g/mol. The van der Waals surface area contributed by atoms with E-state index in [9.17, 15) is 0 Å². The zero-order valence-corrected chi connectivity index (χ0v) is 13.3. The molecule has 1 N–H and O–H groups in total. The Labute approximate surface area is 137 Å². The summed E-state index contributed by atoms with van der Waals surface area (Å²) in [7, 11) is 0. The SMILES string of the molecule is Cl.c1csc(-c2noc(-c3ncn(C4CCCNC4)n3)n2)c1. The number of nitrogens with zero attached hydrogens (tertiary/aromatic N) is 5. The number of hydrogen-bond acceptors (Lipinski definition) is 7. The van der Waals surface area contributed by atoms with E-state index in [0.29, 0.717) is 23.6 Å². The van der Waals surface area contributed by atoms with Gasteiger partial charge in [0.15, 0.2) is 0 Å². The molecule has 4 rings (SSSR count). The molecule has 1 aliphatic rings. The normalized spacial score (nSPS) is 18.1. The number of rotatable bonds is 3. The topological polar surface area (TPSA) is 81.7 Å². The number of aromatic nitrogens is 5. The van der Waals surface area contributed by atoms with Crippen LogP contribution in [-0.4, -0.2) is 38.0 Å². The smallest absolute Gasteiger partial charge is 0.297 e. The van der Waals surface area contributed by atoms with Crippen molar-refractivity contribution in [3.8, 4) is 22.4 Å². The van der Waals surface area contributed by atoms with Gasteiger partial charge < -0.3 is 9.84 Å². The van der Waals surface area contributed by atoms with Gasteiger partial charge in [0.25, 0.3) is 5.89 Å². The van der Waals surface area contributed by atoms with Crippen LogP contribution in [0.5, 0.6) is 0 Å². The summed E-state index contributed by atoms with van der Waals surface area (Å²) < 4.78 is 7.15. The first-order valence-electron chi connectivity index (χ1n) is 6.90. The first-order chi connectivity index (χ1) is 10.4. The number of hydrogen-bond donors (Lipinski definition) is 1. The highest BCUT2D eigenvalue weighted by molar-refractivity contribution is 7.13. The van der Waals surface area contributed by atoms with Crippen molar-refractivity contribution in [1.82, 2.24) is 30.2 Å². The van der Waals surface area contributed by atoms with E-state index < -0.39 is 0 Å². The van der Waals surface area contributed by atoms with Gasteiger partial charge in [-0.1, -0.05) is 11.2 Å². The first-order valence-corrected chi connectivity index (χ1v) is 7.78. The zero-order valence-electron chi connectivity index (χ0n) is 11.7. The van der Waals surface area contributed by atoms with Crippen molar-refractivity contribution in [1.29, 1.82) is 0 Å². The predicted molar refractivity (Wildman–Crippen MR) is 85.0 cm³/mol. The number of piperidine rings is 1. The Kier molecular flexibility index (Phi) is 4.51. The van der Waals surface area contributed by atoms with E-state index in [4.69, 9.17) is 4.52 Å². The van der Waals surface area contributed by atoms with E-state index in [1.54, 1.807) is 17.7 Å². The molecule has 0 aliphatic carbocycles. The molecule has 1 aliphatic heterocycles. The molecule has 3 aromatic rings. The van der Waals surface area contributed by atoms with Crippen LogP contribution in [0.25, 0.3) is 22.4 Å². The molecule has 3 aromatic heterocycles. The van der Waals surface area contributed by atoms with Crippen molar-refractivity contribution in [3.63, 3.8) is 0 Å². The van der Waals surface area contributed by atoms with Gasteiger partial charge in [0.1, 0.15) is 6.33 Å². The molecule has 0 amide bonds. The van der Waals surface area contributed by atoms with Crippen molar-refractivity contribution < 1.29 is 4.52 Å². The third-order valence-electron chi connectivity index (χ3n) is 3.51. The summed E-state index contributed by atoms with van der Waals surface area (Å²) in [5.74, 6) is 1.42. The van der Waals surface area contributed by atoms with Crippen molar-refractivity contribution in [2.24, 2.45) is 0 Å². The van der Waals surface area contributed by atoms with Crippen LogP contribution >= 0.6 is 23.7 Å². The van der Waals surface area contributed by atoms with Crippen LogP contribution in [0.3, 0.4) is 0 Å². The molecule has 1 atom stereocenters. The summed E-state index contributed by atoms with van der Waals surface area (Å²) in [4.78, 5) is 9.62. The quantitative estimate of drug-likeness (QED) is 0.789. The summed E-state index contributed by atoms with van der Waals surface area (Å²) >= 11 is 1.57. The Morgan fingerprint density at radius 3 is 3.09 bits per heavy atom. The van der Waals surface area contributed by atoms with Crippen LogP contribution in [0.2, 0.25) is 0 Å². The van der Waals surface area contributed by atoms with Crippen molar-refractivity contribution in [2.45, 2.75) is 18.9 Å². The van der Waals surface area contributed by atoms with E-state index in [2.05, 4.69) is 25.5 Å². The predicted octanol–water partition coefficient (Wildman–Crippen LogP) is 2.40. The molecule has 1 fully saturated rings. The van der Waals surface area contributed by atoms with Crippen LogP contribution < -0.4 is 5.32 Å². The molecule has 1 saturated heterocycles. The van der Waals surface area contributed by atoms with Crippen LogP contribution in [0.15, 0.2) is 28.4 Å². The third-order valence-corrected chi connectivity index (χ3v) is 4.38. The van der Waals surface area contributed by atoms with Gasteiger partial charge >= 0.3 is 0 Å². The Hall–Kier alpha value is -1.77. The van der Waals surface area contributed by atoms with Gasteiger partial charge in [0.2, 0.25) is 11.6 Å². The summed E-state index contributed by atoms with van der Waals surface area (Å²) in [5, 5.41) is 13.8. The largest absolute Gasteiger partial charge is 0.330 e. The summed E-state index contributed by atoms with van der Waals surface area (Å²) in [6.07, 6.45) is 4.00. The maximum atomic E-state index is 5.27. The monoisotopic (exact) mass is 338 g/mol. The summed E-state index contributed by atoms with van der Waals surface area (Å²) in [5.41, 5.74) is 0. The molecule has 22 heavy (non-hydrogen) atoms. The highest BCUT2D eigenvalue weighted by Gasteiger charge is 2.19. The van der Waals surface area contributed by atoms with E-state index in [-0.39, 0.29) is 12.4 Å². The Balaban J connectivity index is 0.00000144. The van der Waals surface area contributed by atoms with Crippen LogP contribution in [0.1, 0.15) is 18.9 Å². The fraction of sp³-hybridized carbons (Fsp3) is 0.385. The third kappa shape index (κ3) is 2.90. The molecule has 4 heterocycles. The number of thiophene rings is 1. The molecule has 0 radical (unpaired) electrons. The molecule has 1 unspecified atom stereocenters. The molecular weight excluding hydrogens is 324 g/mol. The second-order valence-electron chi connectivity index (χ2n) is 4.95. The Morgan fingerprint density at radius 1 is 1.36 bits per heavy atom. The molecular formula is C13H15ClN6OS. The van der Waals surface area contributed by atoms with Crippen molar-refractivity contribution in [3.05, 3.63) is 23.8 Å². The maximum Gasteiger partial charge on any atom is 0.297 e. The molecule has 7 nitrogen and oxygen atoms in total. The minimum atomic E-state index is 0. The minimum absolute atomic E-state index is 0. The number of halogens is 1. The van der Waals surface area contributed by atoms with Crippen molar-refractivity contribution >= 4 is 23.7 Å². The summed E-state index contributed by atoms with van der Waals surface area (Å²) in [6, 6.07) is 4.26. The first kappa shape index (κ1) is 15.1. The zero-order chi connectivity index (χ0) is 14.1. The number of nitrogens with one attached hydrogen (secondary N) is 1. The fourth-order valence-electron chi connectivity index (χ4n) is 2.43. The molecule has 0 spiro atoms. The lowest BCUT2D eigenvalue weighted by molar-refractivity contribution is 0.345. The Bertz CT molecular complexity index is 719. The van der Waals surface area contributed by atoms with E-state index in [1.807, 2.05) is 22.2 Å². The van der Waals surface area contributed by atoms with E-state index >= 15 is 0 Å². The Morgan fingerprint density at radius 2 is 2.32 bits per heavy atom. The van der Waals surface area contributed by atoms with E-state index in [1.165, 1.54) is 0 Å². The molecule has 0 saturated carbocycles. The van der Waals surface area contributed by atoms with Crippen molar-refractivity contribution in [2.75, 3.05) is 13.1 Å². The summed E-state index contributed by atoms with van der Waals surface area (Å²) in [6.45, 7) is 2.00. The fourth-order valence-corrected chi connectivity index (χ4v) is 3.08. The highest BCUT2D eigenvalue weighted by atomic mass is 35.5. The minimum Gasteiger partial charge on any atom is -0.330 e. The molecule has 9 heteroatoms. The lowest BCUT2D eigenvalue weighted by Crippen LogP contribution is -2.31. The average Bonchev–Trinajstić information content (AvgIpc) is 3.27. The van der Waals surface area contributed by atoms with Gasteiger partial charge in [-0.2, -0.15) is 4.98 Å². The standard InChI is InChI=1S/C13H14N6OS.ClH/c1-3-9(7-14-5-1)19-8-15-12(17-19)13-16-11(18-20-13)10-4-2-6-21-10;/h2,4,6,8-9,14H,1,3,5,7H2;1H. The highest BCUT2D eigenvalue weighted by Crippen LogP contribution is 2.24. The van der Waals surface area contributed by atoms with Crippen LogP contribution in [0, 0.1) is 0 Å². The second-order valence-corrected chi connectivity index (χ2v) is 5.90. The maximum absolute atomic E-state index is 5.27. The molecule has 0 bridgehead atoms. The van der Waals surface area contributed by atoms with Gasteiger partial charge in [-0.05, 0) is 30.8 Å². The van der Waals surface area contributed by atoms with Gasteiger partial charge in [0.05, 0.1) is 10.9 Å². The van der Waals surface area contributed by atoms with Gasteiger partial charge in [-0.25, -0.2) is 9.67 Å². The van der Waals surface area contributed by atoms with E-state index in [0.717, 1.165) is 30.8 Å². The lowest BCUT2D eigenvalue weighted by Gasteiger charge is -2.22.